The lowest BCUT2D eigenvalue weighted by Crippen LogP contribution is -2.51. The van der Waals surface area contributed by atoms with Crippen molar-refractivity contribution in [1.82, 2.24) is 4.31 Å². The van der Waals surface area contributed by atoms with Gasteiger partial charge in [-0.25, -0.2) is 8.42 Å². The van der Waals surface area contributed by atoms with Gasteiger partial charge in [0, 0.05) is 25.9 Å². The van der Waals surface area contributed by atoms with Gasteiger partial charge in [0.2, 0.25) is 10.0 Å². The molecule has 0 bridgehead atoms. The molecule has 13 heteroatoms. The molecule has 0 radical (unpaired) electrons. The molecule has 0 unspecified atom stereocenters. The minimum absolute atomic E-state index is 0.0474. The van der Waals surface area contributed by atoms with Crippen LogP contribution in [0.5, 0.6) is 5.75 Å². The number of sulfonamides is 1. The topological polar surface area (TPSA) is 83.9 Å². The van der Waals surface area contributed by atoms with Crippen LogP contribution in [0.15, 0.2) is 41.3 Å². The standard InChI is InChI=1S/C28H29F6NO5S/c1-16(25(36)37)24(18-3-4-18)19-5-2-17-8-9-26(40-22(17)14-19)10-12-35(13-11-26)41(38,39)23-15-20(27(29,30)31)6-7-21(23)28(32,33)34/h2,5-7,14-16,18,24H,3-4,8-13H2,1H3,(H,36,37)/t16-,24-/m0/s1. The van der Waals surface area contributed by atoms with E-state index in [1.807, 2.05) is 18.2 Å². The summed E-state index contributed by atoms with van der Waals surface area (Å²) < 4.78 is 114. The molecule has 1 N–H and O–H groups in total. The van der Waals surface area contributed by atoms with Crippen molar-refractivity contribution in [2.24, 2.45) is 11.8 Å². The summed E-state index contributed by atoms with van der Waals surface area (Å²) >= 11 is 0. The Kier molecular flexibility index (Phi) is 7.37. The van der Waals surface area contributed by atoms with Crippen LogP contribution in [0.1, 0.15) is 67.2 Å². The molecule has 0 aromatic heterocycles. The van der Waals surface area contributed by atoms with Crippen LogP contribution in [0.3, 0.4) is 0 Å². The van der Waals surface area contributed by atoms with Gasteiger partial charge in [0.05, 0.1) is 21.9 Å². The second kappa shape index (κ2) is 10.2. The first-order valence-electron chi connectivity index (χ1n) is 13.4. The van der Waals surface area contributed by atoms with Crippen LogP contribution in [0, 0.1) is 11.8 Å². The quantitative estimate of drug-likeness (QED) is 0.381. The molecule has 2 aromatic carbocycles. The highest BCUT2D eigenvalue weighted by Crippen LogP contribution is 2.49. The van der Waals surface area contributed by atoms with E-state index in [-0.39, 0.29) is 56.0 Å². The minimum Gasteiger partial charge on any atom is -0.487 e. The van der Waals surface area contributed by atoms with E-state index in [4.69, 9.17) is 4.74 Å². The van der Waals surface area contributed by atoms with Gasteiger partial charge in [-0.1, -0.05) is 19.1 Å². The van der Waals surface area contributed by atoms with Gasteiger partial charge in [-0.05, 0) is 72.9 Å². The molecule has 6 nitrogen and oxygen atoms in total. The average Bonchev–Trinajstić information content (AvgIpc) is 3.72. The van der Waals surface area contributed by atoms with Crippen LogP contribution in [0.2, 0.25) is 0 Å². The monoisotopic (exact) mass is 605 g/mol. The number of alkyl halides is 6. The molecule has 5 rings (SSSR count). The molecule has 0 amide bonds. The molecule has 2 atom stereocenters. The van der Waals surface area contributed by atoms with E-state index < -0.39 is 55.9 Å². The summed E-state index contributed by atoms with van der Waals surface area (Å²) in [6.45, 7) is 1.22. The third-order valence-electron chi connectivity index (χ3n) is 8.58. The van der Waals surface area contributed by atoms with Gasteiger partial charge in [-0.2, -0.15) is 30.6 Å². The maximum absolute atomic E-state index is 13.6. The van der Waals surface area contributed by atoms with Gasteiger partial charge in [0.15, 0.2) is 0 Å². The minimum atomic E-state index is -5.17. The van der Waals surface area contributed by atoms with Crippen molar-refractivity contribution in [1.29, 1.82) is 0 Å². The Labute approximate surface area is 233 Å². The van der Waals surface area contributed by atoms with E-state index in [0.717, 1.165) is 28.3 Å². The highest BCUT2D eigenvalue weighted by molar-refractivity contribution is 7.89. The van der Waals surface area contributed by atoms with Crippen LogP contribution in [0.4, 0.5) is 26.3 Å². The summed E-state index contributed by atoms with van der Waals surface area (Å²) in [4.78, 5) is 10.3. The van der Waals surface area contributed by atoms with Gasteiger partial charge in [-0.3, -0.25) is 4.79 Å². The number of carboxylic acids is 1. The largest absolute Gasteiger partial charge is 0.487 e. The second-order valence-corrected chi connectivity index (χ2v) is 13.2. The normalized spacial score (nSPS) is 21.1. The Hall–Kier alpha value is -2.80. The Morgan fingerprint density at radius 3 is 2.22 bits per heavy atom. The Bertz CT molecular complexity index is 1440. The lowest BCUT2D eigenvalue weighted by atomic mass is 9.80. The summed E-state index contributed by atoms with van der Waals surface area (Å²) in [6, 6.07) is 6.10. The molecule has 2 aliphatic heterocycles. The number of aryl methyl sites for hydroxylation is 1. The zero-order valence-corrected chi connectivity index (χ0v) is 22.9. The van der Waals surface area contributed by atoms with Gasteiger partial charge in [0.1, 0.15) is 11.4 Å². The number of nitrogens with zero attached hydrogens (tertiary/aromatic N) is 1. The van der Waals surface area contributed by atoms with Crippen molar-refractivity contribution in [3.63, 3.8) is 0 Å². The van der Waals surface area contributed by atoms with Gasteiger partial charge in [-0.15, -0.1) is 0 Å². The molecule has 2 fully saturated rings. The highest BCUT2D eigenvalue weighted by Gasteiger charge is 2.46. The molecule has 1 saturated carbocycles. The van der Waals surface area contributed by atoms with Crippen molar-refractivity contribution in [3.05, 3.63) is 58.7 Å². The SMILES string of the molecule is C[C@H](C(=O)O)[C@H](c1ccc2c(c1)OC1(CC2)CCN(S(=O)(=O)c2cc(C(F)(F)F)ccc2C(F)(F)F)CC1)C1CC1. The smallest absolute Gasteiger partial charge is 0.417 e. The fourth-order valence-corrected chi connectivity index (χ4v) is 7.76. The fraction of sp³-hybridized carbons (Fsp3) is 0.536. The summed E-state index contributed by atoms with van der Waals surface area (Å²) in [6.07, 6.45) is -6.91. The average molecular weight is 606 g/mol. The Balaban J connectivity index is 1.37. The summed E-state index contributed by atoms with van der Waals surface area (Å²) in [7, 11) is -4.91. The maximum atomic E-state index is 13.6. The fourth-order valence-electron chi connectivity index (χ4n) is 6.08. The molecule has 2 aromatic rings. The number of benzene rings is 2. The first kappa shape index (κ1) is 29.7. The van der Waals surface area contributed by atoms with Crippen molar-refractivity contribution in [2.45, 2.75) is 74.2 Å². The third-order valence-corrected chi connectivity index (χ3v) is 10.5. The van der Waals surface area contributed by atoms with Gasteiger partial charge >= 0.3 is 18.3 Å². The van der Waals surface area contributed by atoms with E-state index in [9.17, 15) is 44.7 Å². The molecule has 2 heterocycles. The van der Waals surface area contributed by atoms with E-state index in [1.165, 1.54) is 0 Å². The van der Waals surface area contributed by atoms with Crippen LogP contribution in [-0.2, 0) is 33.6 Å². The molecule has 224 valence electrons. The number of carbonyl (C=O) groups is 1. The third kappa shape index (κ3) is 5.79. The first-order chi connectivity index (χ1) is 19.0. The number of hydrogen-bond acceptors (Lipinski definition) is 4. The molecular weight excluding hydrogens is 576 g/mol. The van der Waals surface area contributed by atoms with Crippen molar-refractivity contribution < 1.29 is 49.4 Å². The molecular formula is C28H29F6NO5S. The first-order valence-corrected chi connectivity index (χ1v) is 14.8. The Morgan fingerprint density at radius 2 is 1.66 bits per heavy atom. The lowest BCUT2D eigenvalue weighted by molar-refractivity contribution is -0.143. The van der Waals surface area contributed by atoms with Crippen molar-refractivity contribution >= 4 is 16.0 Å². The van der Waals surface area contributed by atoms with Crippen LogP contribution in [0.25, 0.3) is 0 Å². The summed E-state index contributed by atoms with van der Waals surface area (Å²) in [5.74, 6) is -0.821. The van der Waals surface area contributed by atoms with Gasteiger partial charge in [0.25, 0.3) is 0 Å². The number of rotatable bonds is 6. The number of halogens is 6. The van der Waals surface area contributed by atoms with Crippen LogP contribution >= 0.6 is 0 Å². The van der Waals surface area contributed by atoms with Crippen molar-refractivity contribution in [2.75, 3.05) is 13.1 Å². The number of piperidine rings is 1. The summed E-state index contributed by atoms with van der Waals surface area (Å²) in [5.41, 5.74) is -2.16. The van der Waals surface area contributed by atoms with E-state index in [1.54, 1.807) is 6.92 Å². The maximum Gasteiger partial charge on any atom is 0.417 e. The second-order valence-electron chi connectivity index (χ2n) is 11.3. The lowest BCUT2D eigenvalue weighted by Gasteiger charge is -2.44. The zero-order valence-electron chi connectivity index (χ0n) is 22.1. The predicted octanol–water partition coefficient (Wildman–Crippen LogP) is 6.49. The highest BCUT2D eigenvalue weighted by atomic mass is 32.2. The number of aliphatic carboxylic acids is 1. The molecule has 1 aliphatic carbocycles. The molecule has 41 heavy (non-hydrogen) atoms. The molecule has 1 saturated heterocycles. The summed E-state index contributed by atoms with van der Waals surface area (Å²) in [5, 5.41) is 9.61. The van der Waals surface area contributed by atoms with Gasteiger partial charge < -0.3 is 9.84 Å². The molecule has 3 aliphatic rings. The Morgan fingerprint density at radius 1 is 1.00 bits per heavy atom. The number of fused-ring (bicyclic) bond motifs is 1. The van der Waals surface area contributed by atoms with E-state index in [2.05, 4.69) is 0 Å². The zero-order chi connectivity index (χ0) is 30.0. The van der Waals surface area contributed by atoms with Crippen LogP contribution in [-0.4, -0.2) is 42.5 Å². The van der Waals surface area contributed by atoms with Crippen LogP contribution < -0.4 is 4.74 Å². The van der Waals surface area contributed by atoms with E-state index >= 15 is 0 Å². The number of carboxylic acid groups (broad SMARTS) is 1. The van der Waals surface area contributed by atoms with E-state index in [0.29, 0.717) is 18.6 Å². The number of ether oxygens (including phenoxy) is 1. The molecule has 1 spiro atoms. The predicted molar refractivity (Wildman–Crippen MR) is 135 cm³/mol. The number of hydrogen-bond donors (Lipinski definition) is 1. The van der Waals surface area contributed by atoms with Crippen molar-refractivity contribution in [3.8, 4) is 5.75 Å².